The van der Waals surface area contributed by atoms with E-state index in [4.69, 9.17) is 5.73 Å². The fourth-order valence-electron chi connectivity index (χ4n) is 1.93. The normalized spacial score (nSPS) is 22.2. The fraction of sp³-hybridized carbons (Fsp3) is 0.500. The Balaban J connectivity index is 2.19. The zero-order valence-corrected chi connectivity index (χ0v) is 10.2. The molecule has 3 N–H and O–H groups in total. The monoisotopic (exact) mass is 234 g/mol. The van der Waals surface area contributed by atoms with Crippen LogP contribution < -0.4 is 16.0 Å². The van der Waals surface area contributed by atoms with Gasteiger partial charge >= 0.3 is 0 Å². The maximum absolute atomic E-state index is 11.6. The van der Waals surface area contributed by atoms with Gasteiger partial charge in [0.15, 0.2) is 0 Å². The maximum Gasteiger partial charge on any atom is 0.242 e. The van der Waals surface area contributed by atoms with Crippen molar-refractivity contribution in [2.45, 2.75) is 25.9 Å². The Kier molecular flexibility index (Phi) is 3.28. The van der Waals surface area contributed by atoms with Gasteiger partial charge in [-0.25, -0.2) is 4.98 Å². The molecule has 1 aromatic heterocycles. The van der Waals surface area contributed by atoms with Crippen LogP contribution in [0.3, 0.4) is 0 Å². The first-order valence-corrected chi connectivity index (χ1v) is 5.85. The van der Waals surface area contributed by atoms with Crippen LogP contribution in [0.2, 0.25) is 0 Å². The number of nitrogens with two attached hydrogens (primary N) is 1. The van der Waals surface area contributed by atoms with E-state index in [1.807, 2.05) is 30.9 Å². The summed E-state index contributed by atoms with van der Waals surface area (Å²) in [6, 6.07) is 3.70. The molecule has 0 radical (unpaired) electrons. The fourth-order valence-corrected chi connectivity index (χ4v) is 1.93. The Hall–Kier alpha value is -1.62. The smallest absolute Gasteiger partial charge is 0.242 e. The minimum Gasteiger partial charge on any atom is -0.353 e. The van der Waals surface area contributed by atoms with Crippen molar-refractivity contribution >= 4 is 11.7 Å². The Labute approximate surface area is 101 Å². The molecular formula is C12H18N4O. The van der Waals surface area contributed by atoms with E-state index < -0.39 is 0 Å². The largest absolute Gasteiger partial charge is 0.353 e. The Bertz CT molecular complexity index is 401. The number of nitrogens with one attached hydrogen (secondary N) is 1. The zero-order valence-electron chi connectivity index (χ0n) is 10.2. The summed E-state index contributed by atoms with van der Waals surface area (Å²) in [6.07, 6.45) is 1.78. The molecular weight excluding hydrogens is 216 g/mol. The van der Waals surface area contributed by atoms with Crippen molar-refractivity contribution in [2.75, 3.05) is 18.0 Å². The lowest BCUT2D eigenvalue weighted by Crippen LogP contribution is -2.54. The highest BCUT2D eigenvalue weighted by Crippen LogP contribution is 2.18. The summed E-state index contributed by atoms with van der Waals surface area (Å²) < 4.78 is 0. The molecule has 0 bridgehead atoms. The molecule has 1 aliphatic rings. The molecule has 0 aliphatic carbocycles. The van der Waals surface area contributed by atoms with Gasteiger partial charge in [0.1, 0.15) is 11.9 Å². The molecule has 0 spiro atoms. The van der Waals surface area contributed by atoms with Crippen LogP contribution >= 0.6 is 0 Å². The first-order valence-electron chi connectivity index (χ1n) is 5.85. The van der Waals surface area contributed by atoms with Crippen LogP contribution in [-0.2, 0) is 4.79 Å². The van der Waals surface area contributed by atoms with Crippen molar-refractivity contribution in [3.05, 3.63) is 23.9 Å². The van der Waals surface area contributed by atoms with Crippen LogP contribution in [-0.4, -0.2) is 30.0 Å². The van der Waals surface area contributed by atoms with E-state index in [0.717, 1.165) is 17.9 Å². The number of hydrogen-bond acceptors (Lipinski definition) is 4. The highest BCUT2D eigenvalue weighted by Gasteiger charge is 2.26. The number of pyridine rings is 1. The summed E-state index contributed by atoms with van der Waals surface area (Å²) in [7, 11) is 0. The number of nitrogens with zero attached hydrogens (tertiary/aromatic N) is 2. The summed E-state index contributed by atoms with van der Waals surface area (Å²) in [5.74, 6) is 0.881. The molecule has 1 saturated heterocycles. The van der Waals surface area contributed by atoms with Crippen LogP contribution in [0.1, 0.15) is 25.5 Å². The molecule has 92 valence electrons. The number of amides is 1. The third kappa shape index (κ3) is 2.39. The standard InChI is InChI=1S/C12H18N4O/c1-8(13)10-3-4-11(15-7-10)16-6-5-14-12(17)9(16)2/h3-4,7-9H,5-6,13H2,1-2H3,(H,14,17). The first-order chi connectivity index (χ1) is 8.09. The predicted molar refractivity (Wildman–Crippen MR) is 66.7 cm³/mol. The predicted octanol–water partition coefficient (Wildman–Crippen LogP) is 0.426. The van der Waals surface area contributed by atoms with Gasteiger partial charge in [0, 0.05) is 25.3 Å². The lowest BCUT2D eigenvalue weighted by Gasteiger charge is -2.33. The molecule has 2 unspecified atom stereocenters. The molecule has 1 aromatic rings. The Morgan fingerprint density at radius 3 is 2.94 bits per heavy atom. The van der Waals surface area contributed by atoms with E-state index in [1.54, 1.807) is 6.20 Å². The van der Waals surface area contributed by atoms with Gasteiger partial charge in [-0.3, -0.25) is 4.79 Å². The maximum atomic E-state index is 11.6. The Morgan fingerprint density at radius 1 is 1.59 bits per heavy atom. The molecule has 2 atom stereocenters. The van der Waals surface area contributed by atoms with E-state index in [2.05, 4.69) is 10.3 Å². The summed E-state index contributed by atoms with van der Waals surface area (Å²) in [5.41, 5.74) is 6.78. The lowest BCUT2D eigenvalue weighted by molar-refractivity contribution is -0.122. The molecule has 1 aliphatic heterocycles. The van der Waals surface area contributed by atoms with Gasteiger partial charge < -0.3 is 16.0 Å². The third-order valence-electron chi connectivity index (χ3n) is 3.09. The van der Waals surface area contributed by atoms with E-state index in [0.29, 0.717) is 6.54 Å². The molecule has 2 rings (SSSR count). The lowest BCUT2D eigenvalue weighted by atomic mass is 10.1. The van der Waals surface area contributed by atoms with Crippen LogP contribution in [0.15, 0.2) is 18.3 Å². The number of aromatic nitrogens is 1. The summed E-state index contributed by atoms with van der Waals surface area (Å²) in [6.45, 7) is 5.26. The van der Waals surface area contributed by atoms with Gasteiger partial charge in [-0.05, 0) is 25.5 Å². The second-order valence-electron chi connectivity index (χ2n) is 4.40. The first kappa shape index (κ1) is 11.9. The second-order valence-corrected chi connectivity index (χ2v) is 4.40. The molecule has 17 heavy (non-hydrogen) atoms. The van der Waals surface area contributed by atoms with Gasteiger partial charge in [-0.1, -0.05) is 6.07 Å². The van der Waals surface area contributed by atoms with Crippen LogP contribution in [0.4, 0.5) is 5.82 Å². The molecule has 1 fully saturated rings. The SMILES string of the molecule is CC(N)c1ccc(N2CCNC(=O)C2C)nc1. The second kappa shape index (κ2) is 4.71. The molecule has 2 heterocycles. The quantitative estimate of drug-likeness (QED) is 0.778. The van der Waals surface area contributed by atoms with Crippen molar-refractivity contribution < 1.29 is 4.79 Å². The minimum absolute atomic E-state index is 0.0152. The number of anilines is 1. The number of carbonyl (C=O) groups is 1. The van der Waals surface area contributed by atoms with Crippen LogP contribution in [0.5, 0.6) is 0 Å². The molecule has 0 aromatic carbocycles. The van der Waals surface area contributed by atoms with E-state index in [1.165, 1.54) is 0 Å². The number of rotatable bonds is 2. The minimum atomic E-state index is -0.169. The van der Waals surface area contributed by atoms with E-state index in [-0.39, 0.29) is 18.0 Å². The summed E-state index contributed by atoms with van der Waals surface area (Å²) in [4.78, 5) is 17.9. The Morgan fingerprint density at radius 2 is 2.35 bits per heavy atom. The topological polar surface area (TPSA) is 71.2 Å². The van der Waals surface area contributed by atoms with Crippen molar-refractivity contribution in [3.8, 4) is 0 Å². The average molecular weight is 234 g/mol. The number of hydrogen-bond donors (Lipinski definition) is 2. The molecule has 1 amide bonds. The highest BCUT2D eigenvalue weighted by atomic mass is 16.2. The molecule has 5 heteroatoms. The van der Waals surface area contributed by atoms with Gasteiger partial charge in [-0.15, -0.1) is 0 Å². The van der Waals surface area contributed by atoms with E-state index >= 15 is 0 Å². The van der Waals surface area contributed by atoms with Crippen molar-refractivity contribution in [1.29, 1.82) is 0 Å². The molecule has 5 nitrogen and oxygen atoms in total. The number of carbonyl (C=O) groups excluding carboxylic acids is 1. The highest BCUT2D eigenvalue weighted by molar-refractivity contribution is 5.85. The van der Waals surface area contributed by atoms with Gasteiger partial charge in [-0.2, -0.15) is 0 Å². The van der Waals surface area contributed by atoms with Gasteiger partial charge in [0.05, 0.1) is 0 Å². The van der Waals surface area contributed by atoms with Crippen LogP contribution in [0.25, 0.3) is 0 Å². The summed E-state index contributed by atoms with van der Waals surface area (Å²) >= 11 is 0. The van der Waals surface area contributed by atoms with Crippen molar-refractivity contribution in [1.82, 2.24) is 10.3 Å². The van der Waals surface area contributed by atoms with Gasteiger partial charge in [0.25, 0.3) is 0 Å². The summed E-state index contributed by atoms with van der Waals surface area (Å²) in [5, 5.41) is 2.83. The zero-order chi connectivity index (χ0) is 12.4. The van der Waals surface area contributed by atoms with Crippen LogP contribution in [0, 0.1) is 0 Å². The number of piperazine rings is 1. The van der Waals surface area contributed by atoms with E-state index in [9.17, 15) is 4.79 Å². The van der Waals surface area contributed by atoms with Crippen molar-refractivity contribution in [2.24, 2.45) is 5.73 Å². The average Bonchev–Trinajstić information content (AvgIpc) is 2.33. The van der Waals surface area contributed by atoms with Gasteiger partial charge in [0.2, 0.25) is 5.91 Å². The van der Waals surface area contributed by atoms with Crippen molar-refractivity contribution in [3.63, 3.8) is 0 Å². The third-order valence-corrected chi connectivity index (χ3v) is 3.09. The molecule has 0 saturated carbocycles.